The highest BCUT2D eigenvalue weighted by Crippen LogP contribution is 2.31. The Morgan fingerprint density at radius 2 is 1.96 bits per heavy atom. The summed E-state index contributed by atoms with van der Waals surface area (Å²) in [5, 5.41) is 1.96. The Morgan fingerprint density at radius 1 is 1.17 bits per heavy atom. The van der Waals surface area contributed by atoms with E-state index in [1.54, 1.807) is 0 Å². The van der Waals surface area contributed by atoms with E-state index in [1.165, 1.54) is 16.5 Å². The van der Waals surface area contributed by atoms with E-state index >= 15 is 0 Å². The predicted molar refractivity (Wildman–Crippen MR) is 95.3 cm³/mol. The van der Waals surface area contributed by atoms with Crippen LogP contribution in [-0.2, 0) is 13.0 Å². The fourth-order valence-electron chi connectivity index (χ4n) is 2.88. The molecule has 2 heterocycles. The maximum absolute atomic E-state index is 6.20. The molecule has 0 aliphatic rings. The van der Waals surface area contributed by atoms with Crippen molar-refractivity contribution in [2.24, 2.45) is 0 Å². The molecule has 3 aromatic rings. The second-order valence-corrected chi connectivity index (χ2v) is 6.25. The zero-order valence-electron chi connectivity index (χ0n) is 13.7. The molecule has 3 nitrogen and oxygen atoms in total. The number of aromatic amines is 1. The fourth-order valence-corrected chi connectivity index (χ4v) is 3.07. The molecule has 0 saturated heterocycles. The molecule has 120 valence electrons. The van der Waals surface area contributed by atoms with E-state index in [0.717, 1.165) is 29.6 Å². The summed E-state index contributed by atoms with van der Waals surface area (Å²) in [6.45, 7) is 6.82. The molecule has 0 amide bonds. The molecule has 3 rings (SSSR count). The summed E-state index contributed by atoms with van der Waals surface area (Å²) in [4.78, 5) is 7.95. The molecule has 0 radical (unpaired) electrons. The van der Waals surface area contributed by atoms with E-state index in [2.05, 4.69) is 30.7 Å². The number of fused-ring (bicyclic) bond motifs is 1. The van der Waals surface area contributed by atoms with Crippen LogP contribution in [-0.4, -0.2) is 9.97 Å². The van der Waals surface area contributed by atoms with Gasteiger partial charge in [-0.1, -0.05) is 43.1 Å². The lowest BCUT2D eigenvalue weighted by Crippen LogP contribution is -2.00. The maximum Gasteiger partial charge on any atom is 0.238 e. The molecule has 1 N–H and O–H groups in total. The summed E-state index contributed by atoms with van der Waals surface area (Å²) in [6.07, 6.45) is 4.06. The molecule has 4 heteroatoms. The minimum atomic E-state index is 0.409. The largest absolute Gasteiger partial charge is 0.471 e. The van der Waals surface area contributed by atoms with Gasteiger partial charge in [0.1, 0.15) is 12.1 Å². The van der Waals surface area contributed by atoms with Crippen molar-refractivity contribution >= 4 is 22.5 Å². The van der Waals surface area contributed by atoms with Crippen LogP contribution in [0.1, 0.15) is 35.7 Å². The smallest absolute Gasteiger partial charge is 0.238 e. The van der Waals surface area contributed by atoms with Gasteiger partial charge >= 0.3 is 0 Å². The van der Waals surface area contributed by atoms with E-state index in [4.69, 9.17) is 16.3 Å². The molecule has 0 unspecified atom stereocenters. The normalized spacial score (nSPS) is 11.1. The highest BCUT2D eigenvalue weighted by molar-refractivity contribution is 6.31. The number of ether oxygens (including phenoxy) is 1. The van der Waals surface area contributed by atoms with Gasteiger partial charge in [-0.15, -0.1) is 0 Å². The van der Waals surface area contributed by atoms with Gasteiger partial charge in [-0.2, -0.15) is 0 Å². The van der Waals surface area contributed by atoms with Crippen molar-refractivity contribution in [2.45, 2.75) is 40.2 Å². The Bertz CT molecular complexity index is 839. The van der Waals surface area contributed by atoms with Gasteiger partial charge in [0, 0.05) is 27.9 Å². The molecule has 0 bridgehead atoms. The second kappa shape index (κ2) is 6.63. The SMILES string of the molecule is CCCc1cnc(OCc2ccccc2Cl)c2[nH]c(C)c(C)c12. The van der Waals surface area contributed by atoms with E-state index in [0.29, 0.717) is 17.5 Å². The lowest BCUT2D eigenvalue weighted by Gasteiger charge is -2.10. The second-order valence-electron chi connectivity index (χ2n) is 5.84. The number of hydrogen-bond donors (Lipinski definition) is 1. The van der Waals surface area contributed by atoms with Gasteiger partial charge in [-0.25, -0.2) is 4.98 Å². The topological polar surface area (TPSA) is 37.9 Å². The Morgan fingerprint density at radius 3 is 2.70 bits per heavy atom. The third-order valence-corrected chi connectivity index (χ3v) is 4.58. The monoisotopic (exact) mass is 328 g/mol. The maximum atomic E-state index is 6.20. The van der Waals surface area contributed by atoms with Gasteiger partial charge in [-0.3, -0.25) is 0 Å². The molecule has 0 aliphatic heterocycles. The van der Waals surface area contributed by atoms with Crippen LogP contribution in [0.25, 0.3) is 10.9 Å². The van der Waals surface area contributed by atoms with Gasteiger partial charge in [0.25, 0.3) is 0 Å². The van der Waals surface area contributed by atoms with Gasteiger partial charge in [-0.05, 0) is 37.5 Å². The number of H-pyrrole nitrogens is 1. The number of halogens is 1. The lowest BCUT2D eigenvalue weighted by molar-refractivity contribution is 0.297. The summed E-state index contributed by atoms with van der Waals surface area (Å²) in [5.74, 6) is 0.635. The van der Waals surface area contributed by atoms with Gasteiger partial charge in [0.2, 0.25) is 5.88 Å². The van der Waals surface area contributed by atoms with Crippen molar-refractivity contribution in [3.63, 3.8) is 0 Å². The number of aryl methyl sites for hydroxylation is 3. The zero-order chi connectivity index (χ0) is 16.4. The average molecular weight is 329 g/mol. The Kier molecular flexibility index (Phi) is 4.58. The molecule has 0 atom stereocenters. The summed E-state index contributed by atoms with van der Waals surface area (Å²) in [6, 6.07) is 7.72. The van der Waals surface area contributed by atoms with Crippen molar-refractivity contribution in [3.8, 4) is 5.88 Å². The van der Waals surface area contributed by atoms with Crippen molar-refractivity contribution in [1.82, 2.24) is 9.97 Å². The summed E-state index contributed by atoms with van der Waals surface area (Å²) >= 11 is 6.20. The van der Waals surface area contributed by atoms with Crippen LogP contribution in [0, 0.1) is 13.8 Å². The average Bonchev–Trinajstić information content (AvgIpc) is 2.84. The number of rotatable bonds is 5. The van der Waals surface area contributed by atoms with E-state index in [-0.39, 0.29) is 0 Å². The molecule has 0 fully saturated rings. The van der Waals surface area contributed by atoms with Crippen LogP contribution < -0.4 is 4.74 Å². The first-order valence-corrected chi connectivity index (χ1v) is 8.32. The Balaban J connectivity index is 1.97. The van der Waals surface area contributed by atoms with E-state index < -0.39 is 0 Å². The standard InChI is InChI=1S/C19H21ClN2O/c1-4-7-14-10-21-19(18-17(14)12(2)13(3)22-18)23-11-15-8-5-6-9-16(15)20/h5-6,8-10,22H,4,7,11H2,1-3H3. The van der Waals surface area contributed by atoms with Crippen LogP contribution >= 0.6 is 11.6 Å². The van der Waals surface area contributed by atoms with E-state index in [1.807, 2.05) is 30.5 Å². The van der Waals surface area contributed by atoms with Crippen molar-refractivity contribution < 1.29 is 4.74 Å². The van der Waals surface area contributed by atoms with Crippen molar-refractivity contribution in [1.29, 1.82) is 0 Å². The molecule has 1 aromatic carbocycles. The zero-order valence-corrected chi connectivity index (χ0v) is 14.5. The first-order valence-electron chi connectivity index (χ1n) is 7.94. The minimum absolute atomic E-state index is 0.409. The number of pyridine rings is 1. The Hall–Kier alpha value is -2.00. The number of aromatic nitrogens is 2. The number of nitrogens with one attached hydrogen (secondary N) is 1. The van der Waals surface area contributed by atoms with Gasteiger partial charge in [0.15, 0.2) is 0 Å². The van der Waals surface area contributed by atoms with Gasteiger partial charge < -0.3 is 9.72 Å². The number of nitrogens with zero attached hydrogens (tertiary/aromatic N) is 1. The molecule has 0 spiro atoms. The van der Waals surface area contributed by atoms with Gasteiger partial charge in [0.05, 0.1) is 0 Å². The molecule has 2 aromatic heterocycles. The van der Waals surface area contributed by atoms with Crippen molar-refractivity contribution in [3.05, 3.63) is 57.9 Å². The molecular weight excluding hydrogens is 308 g/mol. The van der Waals surface area contributed by atoms with Crippen LogP contribution in [0.5, 0.6) is 5.88 Å². The van der Waals surface area contributed by atoms with Crippen LogP contribution in [0.2, 0.25) is 5.02 Å². The lowest BCUT2D eigenvalue weighted by atomic mass is 10.0. The quantitative estimate of drug-likeness (QED) is 0.684. The first-order chi connectivity index (χ1) is 11.1. The Labute approximate surface area is 141 Å². The van der Waals surface area contributed by atoms with E-state index in [9.17, 15) is 0 Å². The predicted octanol–water partition coefficient (Wildman–Crippen LogP) is 5.36. The van der Waals surface area contributed by atoms with Crippen molar-refractivity contribution in [2.75, 3.05) is 0 Å². The molecule has 23 heavy (non-hydrogen) atoms. The number of benzene rings is 1. The third-order valence-electron chi connectivity index (χ3n) is 4.21. The summed E-state index contributed by atoms with van der Waals surface area (Å²) in [7, 11) is 0. The first kappa shape index (κ1) is 15.9. The summed E-state index contributed by atoms with van der Waals surface area (Å²) in [5.41, 5.74) is 5.65. The van der Waals surface area contributed by atoms with Crippen LogP contribution in [0.15, 0.2) is 30.5 Å². The molecule has 0 saturated carbocycles. The third kappa shape index (κ3) is 3.06. The summed E-state index contributed by atoms with van der Waals surface area (Å²) < 4.78 is 5.96. The highest BCUT2D eigenvalue weighted by atomic mass is 35.5. The molecule has 0 aliphatic carbocycles. The highest BCUT2D eigenvalue weighted by Gasteiger charge is 2.15. The van der Waals surface area contributed by atoms with Crippen LogP contribution in [0.4, 0.5) is 0 Å². The fraction of sp³-hybridized carbons (Fsp3) is 0.316. The van der Waals surface area contributed by atoms with Crippen LogP contribution in [0.3, 0.4) is 0 Å². The minimum Gasteiger partial charge on any atom is -0.471 e. The molecular formula is C19H21ClN2O. The number of hydrogen-bond acceptors (Lipinski definition) is 2.